The van der Waals surface area contributed by atoms with Crippen LogP contribution in [-0.4, -0.2) is 36.4 Å². The molecular weight excluding hydrogens is 596 g/mol. The van der Waals surface area contributed by atoms with Gasteiger partial charge in [0.1, 0.15) is 19.3 Å². The van der Waals surface area contributed by atoms with E-state index < -0.39 is 6.10 Å². The van der Waals surface area contributed by atoms with Crippen molar-refractivity contribution in [1.29, 1.82) is 0 Å². The van der Waals surface area contributed by atoms with Gasteiger partial charge in [-0.25, -0.2) is 0 Å². The lowest BCUT2D eigenvalue weighted by Crippen LogP contribution is -2.25. The van der Waals surface area contributed by atoms with Crippen molar-refractivity contribution in [3.8, 4) is 0 Å². The Morgan fingerprint density at radius 3 is 1.19 bits per heavy atom. The molecular formula is C43H68O5. The van der Waals surface area contributed by atoms with Crippen LogP contribution in [0.3, 0.4) is 0 Å². The number of carbonyl (C=O) groups is 2. The first-order chi connectivity index (χ1) is 23.6. The molecule has 0 unspecified atom stereocenters. The van der Waals surface area contributed by atoms with Crippen LogP contribution in [0.4, 0.5) is 0 Å². The quantitative estimate of drug-likeness (QED) is 0.0440. The Morgan fingerprint density at radius 1 is 0.458 bits per heavy atom. The van der Waals surface area contributed by atoms with Crippen LogP contribution in [0.2, 0.25) is 0 Å². The van der Waals surface area contributed by atoms with Gasteiger partial charge in [0.05, 0.1) is 0 Å². The summed E-state index contributed by atoms with van der Waals surface area (Å²) in [6.07, 6.45) is 53.2. The van der Waals surface area contributed by atoms with Crippen molar-refractivity contribution in [3.63, 3.8) is 0 Å². The molecule has 0 fully saturated rings. The third-order valence-electron chi connectivity index (χ3n) is 7.30. The number of carbonyl (C=O) groups excluding carboxylic acids is 2. The van der Waals surface area contributed by atoms with Crippen molar-refractivity contribution in [2.75, 3.05) is 13.2 Å². The molecule has 1 N–H and O–H groups in total. The average Bonchev–Trinajstić information content (AvgIpc) is 3.09. The number of ether oxygens (including phenoxy) is 2. The second-order valence-electron chi connectivity index (χ2n) is 12.0. The summed E-state index contributed by atoms with van der Waals surface area (Å²) in [6, 6.07) is 0. The van der Waals surface area contributed by atoms with Crippen LogP contribution >= 0.6 is 0 Å². The SMILES string of the molecule is CC/C=C\C/C=C\C/C=C\C/C=C\C/C=C\CCCC(=O)OC[C@H](O)COC(=O)CCC/C=C\C/C=C\C/C=C\CCCCCCCC. The first-order valence-electron chi connectivity index (χ1n) is 18.8. The summed E-state index contributed by atoms with van der Waals surface area (Å²) >= 11 is 0. The molecule has 1 atom stereocenters. The molecule has 270 valence electrons. The number of unbranched alkanes of at least 4 members (excludes halogenated alkanes) is 8. The van der Waals surface area contributed by atoms with E-state index in [4.69, 9.17) is 9.47 Å². The first-order valence-corrected chi connectivity index (χ1v) is 18.8. The molecule has 0 aliphatic rings. The Bertz CT molecular complexity index is 979. The maximum Gasteiger partial charge on any atom is 0.305 e. The standard InChI is InChI=1S/C43H68O5/c1-3-5-7-9-11-13-15-17-19-21-23-25-27-29-31-33-35-37-42(45)47-39-41(44)40-48-43(46)38-36-34-32-30-28-26-24-22-20-18-16-14-12-10-8-6-4-2/h5,7,11,13,17-20,23-26,29-32,41,44H,3-4,6,8-10,12,14-16,21-22,27-28,33-40H2,1-2H3/b7-5-,13-11-,19-17-,20-18-,25-23-,26-24-,31-29-,32-30-/t41-/m0/s1. The van der Waals surface area contributed by atoms with Gasteiger partial charge in [0, 0.05) is 12.8 Å². The fourth-order valence-corrected chi connectivity index (χ4v) is 4.49. The van der Waals surface area contributed by atoms with Crippen molar-refractivity contribution < 1.29 is 24.2 Å². The molecule has 5 nitrogen and oxygen atoms in total. The van der Waals surface area contributed by atoms with E-state index in [-0.39, 0.29) is 25.2 Å². The lowest BCUT2D eigenvalue weighted by atomic mass is 10.1. The molecule has 0 saturated heterocycles. The zero-order chi connectivity index (χ0) is 35.0. The summed E-state index contributed by atoms with van der Waals surface area (Å²) in [5.41, 5.74) is 0. The largest absolute Gasteiger partial charge is 0.463 e. The summed E-state index contributed by atoms with van der Waals surface area (Å²) in [4.78, 5) is 23.9. The maximum absolute atomic E-state index is 11.9. The second-order valence-corrected chi connectivity index (χ2v) is 12.0. The van der Waals surface area contributed by atoms with Crippen LogP contribution < -0.4 is 0 Å². The predicted octanol–water partition coefficient (Wildman–Crippen LogP) is 11.7. The Kier molecular flexibility index (Phi) is 35.7. The summed E-state index contributed by atoms with van der Waals surface area (Å²) < 4.78 is 10.2. The minimum absolute atomic E-state index is 0.166. The van der Waals surface area contributed by atoms with Gasteiger partial charge in [0.2, 0.25) is 0 Å². The van der Waals surface area contributed by atoms with Gasteiger partial charge in [-0.1, -0.05) is 143 Å². The van der Waals surface area contributed by atoms with Gasteiger partial charge >= 0.3 is 11.9 Å². The molecule has 0 aromatic heterocycles. The summed E-state index contributed by atoms with van der Waals surface area (Å²) in [7, 11) is 0. The summed E-state index contributed by atoms with van der Waals surface area (Å²) in [5, 5.41) is 9.98. The monoisotopic (exact) mass is 665 g/mol. The number of rotatable bonds is 32. The fourth-order valence-electron chi connectivity index (χ4n) is 4.49. The van der Waals surface area contributed by atoms with Gasteiger partial charge < -0.3 is 14.6 Å². The molecule has 5 heteroatoms. The normalized spacial score (nSPS) is 13.3. The van der Waals surface area contributed by atoms with E-state index in [1.807, 2.05) is 0 Å². The van der Waals surface area contributed by atoms with Gasteiger partial charge in [-0.2, -0.15) is 0 Å². The number of esters is 2. The number of hydrogen-bond acceptors (Lipinski definition) is 5. The summed E-state index contributed by atoms with van der Waals surface area (Å²) in [6.45, 7) is 4.06. The molecule has 0 rings (SSSR count). The van der Waals surface area contributed by atoms with Gasteiger partial charge in [-0.15, -0.1) is 0 Å². The van der Waals surface area contributed by atoms with E-state index in [1.165, 1.54) is 44.9 Å². The minimum Gasteiger partial charge on any atom is -0.463 e. The molecule has 0 saturated carbocycles. The average molecular weight is 665 g/mol. The van der Waals surface area contributed by atoms with E-state index in [0.29, 0.717) is 25.7 Å². The number of allylic oxidation sites excluding steroid dienone is 16. The smallest absolute Gasteiger partial charge is 0.305 e. The molecule has 0 heterocycles. The van der Waals surface area contributed by atoms with E-state index in [0.717, 1.165) is 57.8 Å². The Balaban J connectivity index is 3.66. The number of hydrogen-bond donors (Lipinski definition) is 1. The molecule has 0 aromatic carbocycles. The zero-order valence-corrected chi connectivity index (χ0v) is 30.5. The van der Waals surface area contributed by atoms with Gasteiger partial charge in [-0.05, 0) is 83.5 Å². The van der Waals surface area contributed by atoms with E-state index in [1.54, 1.807) is 0 Å². The Morgan fingerprint density at radius 2 is 0.792 bits per heavy atom. The van der Waals surface area contributed by atoms with Crippen LogP contribution in [0.15, 0.2) is 97.2 Å². The Labute approximate surface area is 294 Å². The summed E-state index contributed by atoms with van der Waals surface area (Å²) in [5.74, 6) is -0.701. The first kappa shape index (κ1) is 44.8. The lowest BCUT2D eigenvalue weighted by molar-refractivity contribution is -0.152. The van der Waals surface area contributed by atoms with Crippen molar-refractivity contribution in [1.82, 2.24) is 0 Å². The highest BCUT2D eigenvalue weighted by Crippen LogP contribution is 2.08. The molecule has 0 bridgehead atoms. The molecule has 0 amide bonds. The van der Waals surface area contributed by atoms with E-state index in [2.05, 4.69) is 111 Å². The van der Waals surface area contributed by atoms with Gasteiger partial charge in [0.25, 0.3) is 0 Å². The van der Waals surface area contributed by atoms with Crippen molar-refractivity contribution in [2.24, 2.45) is 0 Å². The van der Waals surface area contributed by atoms with Crippen LogP contribution in [0, 0.1) is 0 Å². The van der Waals surface area contributed by atoms with Crippen molar-refractivity contribution >= 4 is 11.9 Å². The van der Waals surface area contributed by atoms with Crippen LogP contribution in [0.25, 0.3) is 0 Å². The van der Waals surface area contributed by atoms with Crippen LogP contribution in [0.1, 0.15) is 142 Å². The number of aliphatic hydroxyl groups is 1. The highest BCUT2D eigenvalue weighted by molar-refractivity contribution is 5.69. The third kappa shape index (κ3) is 37.3. The Hall–Kier alpha value is -3.18. The molecule has 0 aliphatic carbocycles. The molecule has 48 heavy (non-hydrogen) atoms. The highest BCUT2D eigenvalue weighted by atomic mass is 16.6. The predicted molar refractivity (Wildman–Crippen MR) is 205 cm³/mol. The van der Waals surface area contributed by atoms with Gasteiger partial charge in [0.15, 0.2) is 0 Å². The van der Waals surface area contributed by atoms with Crippen molar-refractivity contribution in [2.45, 2.75) is 148 Å². The molecule has 0 aromatic rings. The minimum atomic E-state index is -1.01. The maximum atomic E-state index is 11.9. The molecule has 0 aliphatic heterocycles. The van der Waals surface area contributed by atoms with Crippen LogP contribution in [0.5, 0.6) is 0 Å². The lowest BCUT2D eigenvalue weighted by Gasteiger charge is -2.11. The molecule has 0 radical (unpaired) electrons. The van der Waals surface area contributed by atoms with Gasteiger partial charge in [-0.3, -0.25) is 9.59 Å². The third-order valence-corrected chi connectivity index (χ3v) is 7.30. The van der Waals surface area contributed by atoms with E-state index in [9.17, 15) is 14.7 Å². The topological polar surface area (TPSA) is 72.8 Å². The van der Waals surface area contributed by atoms with Crippen molar-refractivity contribution in [3.05, 3.63) is 97.2 Å². The molecule has 0 spiro atoms. The highest BCUT2D eigenvalue weighted by Gasteiger charge is 2.11. The zero-order valence-electron chi connectivity index (χ0n) is 30.5. The second kappa shape index (κ2) is 38.3. The van der Waals surface area contributed by atoms with Crippen LogP contribution in [-0.2, 0) is 19.1 Å². The van der Waals surface area contributed by atoms with E-state index >= 15 is 0 Å². The number of aliphatic hydroxyl groups excluding tert-OH is 1. The fraction of sp³-hybridized carbons (Fsp3) is 0.581.